The van der Waals surface area contributed by atoms with Crippen LogP contribution in [0.25, 0.3) is 0 Å². The zero-order valence-corrected chi connectivity index (χ0v) is 9.61. The molecule has 0 aromatic heterocycles. The van der Waals surface area contributed by atoms with E-state index < -0.39 is 0 Å². The first kappa shape index (κ1) is 12.6. The third kappa shape index (κ3) is 3.55. The van der Waals surface area contributed by atoms with Crippen molar-refractivity contribution in [3.63, 3.8) is 0 Å². The number of benzene rings is 1. The Morgan fingerprint density at radius 2 is 2.18 bits per heavy atom. The maximum Gasteiger partial charge on any atom is 0.317 e. The van der Waals surface area contributed by atoms with Gasteiger partial charge in [0.25, 0.3) is 0 Å². The second-order valence-electron chi connectivity index (χ2n) is 3.08. The van der Waals surface area contributed by atoms with Gasteiger partial charge in [-0.05, 0) is 18.2 Å². The van der Waals surface area contributed by atoms with E-state index in [9.17, 15) is 4.79 Å². The highest BCUT2D eigenvalue weighted by molar-refractivity contribution is 5.72. The number of hydrogen-bond acceptors (Lipinski definition) is 4. The van der Waals surface area contributed by atoms with Gasteiger partial charge in [0.15, 0.2) is 0 Å². The van der Waals surface area contributed by atoms with Crippen molar-refractivity contribution in [3.8, 4) is 23.7 Å². The molecule has 1 aromatic rings. The summed E-state index contributed by atoms with van der Waals surface area (Å²) in [6.45, 7) is 0. The standard InChI is InChI=1S/C13H11NO3/c1-16-12-7-6-10(8-11(12)9-14)4-3-5-13(15)17-2/h6-8H,5H2,1-2H3. The molecule has 0 aliphatic carbocycles. The van der Waals surface area contributed by atoms with Gasteiger partial charge in [0, 0.05) is 5.56 Å². The fraction of sp³-hybridized carbons (Fsp3) is 0.231. The van der Waals surface area contributed by atoms with Crippen LogP contribution in [0.2, 0.25) is 0 Å². The van der Waals surface area contributed by atoms with Gasteiger partial charge in [0.05, 0.1) is 19.8 Å². The van der Waals surface area contributed by atoms with Crippen LogP contribution in [-0.4, -0.2) is 20.2 Å². The minimum absolute atomic E-state index is 0.0322. The number of nitrogens with zero attached hydrogens (tertiary/aromatic N) is 1. The van der Waals surface area contributed by atoms with Crippen LogP contribution >= 0.6 is 0 Å². The molecule has 0 radical (unpaired) electrons. The molecular weight excluding hydrogens is 218 g/mol. The van der Waals surface area contributed by atoms with Crippen LogP contribution in [0, 0.1) is 23.2 Å². The molecule has 4 nitrogen and oxygen atoms in total. The Balaban J connectivity index is 2.87. The Hall–Kier alpha value is -2.46. The largest absolute Gasteiger partial charge is 0.495 e. The van der Waals surface area contributed by atoms with E-state index in [4.69, 9.17) is 10.00 Å². The van der Waals surface area contributed by atoms with E-state index in [1.54, 1.807) is 18.2 Å². The number of esters is 1. The maximum absolute atomic E-state index is 10.8. The van der Waals surface area contributed by atoms with Crippen LogP contribution in [0.3, 0.4) is 0 Å². The quantitative estimate of drug-likeness (QED) is 0.569. The monoisotopic (exact) mass is 229 g/mol. The Kier molecular flexibility index (Phi) is 4.59. The van der Waals surface area contributed by atoms with Gasteiger partial charge in [-0.1, -0.05) is 11.8 Å². The van der Waals surface area contributed by atoms with Crippen molar-refractivity contribution in [3.05, 3.63) is 29.3 Å². The molecule has 4 heteroatoms. The van der Waals surface area contributed by atoms with E-state index in [0.29, 0.717) is 16.9 Å². The zero-order valence-electron chi connectivity index (χ0n) is 9.61. The summed E-state index contributed by atoms with van der Waals surface area (Å²) in [6.07, 6.45) is 0.0322. The molecule has 0 bridgehead atoms. The molecule has 1 rings (SSSR count). The maximum atomic E-state index is 10.8. The molecule has 0 atom stereocenters. The molecular formula is C13H11NO3. The van der Waals surface area contributed by atoms with Crippen molar-refractivity contribution in [1.29, 1.82) is 5.26 Å². The van der Waals surface area contributed by atoms with E-state index in [0.717, 1.165) is 0 Å². The second kappa shape index (κ2) is 6.19. The summed E-state index contributed by atoms with van der Waals surface area (Å²) >= 11 is 0. The number of nitriles is 1. The molecule has 1 aromatic carbocycles. The van der Waals surface area contributed by atoms with Crippen molar-refractivity contribution < 1.29 is 14.3 Å². The highest BCUT2D eigenvalue weighted by Crippen LogP contribution is 2.18. The molecule has 0 spiro atoms. The average Bonchev–Trinajstić information content (AvgIpc) is 2.38. The lowest BCUT2D eigenvalue weighted by atomic mass is 10.1. The first-order valence-corrected chi connectivity index (χ1v) is 4.85. The zero-order chi connectivity index (χ0) is 12.7. The molecule has 0 aliphatic rings. The summed E-state index contributed by atoms with van der Waals surface area (Å²) in [5.41, 5.74) is 1.07. The summed E-state index contributed by atoms with van der Waals surface area (Å²) in [7, 11) is 2.81. The molecule has 0 unspecified atom stereocenters. The normalized spacial score (nSPS) is 8.53. The van der Waals surface area contributed by atoms with Gasteiger partial charge in [-0.2, -0.15) is 5.26 Å². The molecule has 0 saturated heterocycles. The fourth-order valence-corrected chi connectivity index (χ4v) is 1.16. The van der Waals surface area contributed by atoms with Gasteiger partial charge in [-0.25, -0.2) is 0 Å². The van der Waals surface area contributed by atoms with Gasteiger partial charge in [-0.15, -0.1) is 0 Å². The number of carbonyl (C=O) groups is 1. The minimum atomic E-state index is -0.383. The third-order valence-electron chi connectivity index (χ3n) is 2.01. The lowest BCUT2D eigenvalue weighted by Crippen LogP contribution is -1.97. The summed E-state index contributed by atoms with van der Waals surface area (Å²) < 4.78 is 9.46. The summed E-state index contributed by atoms with van der Waals surface area (Å²) in [6, 6.07) is 7.02. The predicted molar refractivity (Wildman–Crippen MR) is 61.2 cm³/mol. The minimum Gasteiger partial charge on any atom is -0.495 e. The van der Waals surface area contributed by atoms with Crippen LogP contribution in [0.1, 0.15) is 17.5 Å². The second-order valence-corrected chi connectivity index (χ2v) is 3.08. The lowest BCUT2D eigenvalue weighted by Gasteiger charge is -2.01. The topological polar surface area (TPSA) is 59.3 Å². The fourth-order valence-electron chi connectivity index (χ4n) is 1.16. The smallest absolute Gasteiger partial charge is 0.317 e. The van der Waals surface area contributed by atoms with Crippen LogP contribution in [0.4, 0.5) is 0 Å². The molecule has 0 saturated carbocycles. The molecule has 86 valence electrons. The Morgan fingerprint density at radius 1 is 1.41 bits per heavy atom. The number of hydrogen-bond donors (Lipinski definition) is 0. The Bertz CT molecular complexity index is 518. The summed E-state index contributed by atoms with van der Waals surface area (Å²) in [5.74, 6) is 5.57. The predicted octanol–water partition coefficient (Wildman–Crippen LogP) is 1.48. The van der Waals surface area contributed by atoms with Gasteiger partial charge in [0.2, 0.25) is 0 Å². The number of ether oxygens (including phenoxy) is 2. The lowest BCUT2D eigenvalue weighted by molar-refractivity contribution is -0.139. The molecule has 0 heterocycles. The van der Waals surface area contributed by atoms with Crippen LogP contribution in [0.15, 0.2) is 18.2 Å². The van der Waals surface area contributed by atoms with Gasteiger partial charge >= 0.3 is 5.97 Å². The SMILES string of the molecule is COC(=O)CC#Cc1ccc(OC)c(C#N)c1. The molecule has 0 fully saturated rings. The highest BCUT2D eigenvalue weighted by Gasteiger charge is 2.01. The number of methoxy groups -OCH3 is 2. The van der Waals surface area contributed by atoms with E-state index in [1.807, 2.05) is 6.07 Å². The number of carbonyl (C=O) groups excluding carboxylic acids is 1. The van der Waals surface area contributed by atoms with Gasteiger partial charge < -0.3 is 9.47 Å². The molecule has 0 aliphatic heterocycles. The van der Waals surface area contributed by atoms with E-state index in [-0.39, 0.29) is 12.4 Å². The van der Waals surface area contributed by atoms with Crippen molar-refractivity contribution in [2.45, 2.75) is 6.42 Å². The average molecular weight is 229 g/mol. The highest BCUT2D eigenvalue weighted by atomic mass is 16.5. The van der Waals surface area contributed by atoms with Crippen LogP contribution in [-0.2, 0) is 9.53 Å². The third-order valence-corrected chi connectivity index (χ3v) is 2.01. The van der Waals surface area contributed by atoms with Crippen LogP contribution < -0.4 is 4.74 Å². The van der Waals surface area contributed by atoms with Crippen molar-refractivity contribution in [1.82, 2.24) is 0 Å². The van der Waals surface area contributed by atoms with Crippen LogP contribution in [0.5, 0.6) is 5.75 Å². The first-order valence-electron chi connectivity index (χ1n) is 4.85. The van der Waals surface area contributed by atoms with Gasteiger partial charge in [-0.3, -0.25) is 4.79 Å². The van der Waals surface area contributed by atoms with Crippen molar-refractivity contribution >= 4 is 5.97 Å². The molecule has 0 amide bonds. The first-order chi connectivity index (χ1) is 8.21. The number of rotatable bonds is 2. The Labute approximate surface area is 99.8 Å². The van der Waals surface area contributed by atoms with E-state index in [2.05, 4.69) is 16.6 Å². The molecule has 0 N–H and O–H groups in total. The summed E-state index contributed by atoms with van der Waals surface area (Å²) in [4.78, 5) is 10.8. The molecule has 17 heavy (non-hydrogen) atoms. The van der Waals surface area contributed by atoms with E-state index in [1.165, 1.54) is 14.2 Å². The van der Waals surface area contributed by atoms with E-state index >= 15 is 0 Å². The van der Waals surface area contributed by atoms with Crippen molar-refractivity contribution in [2.75, 3.05) is 14.2 Å². The summed E-state index contributed by atoms with van der Waals surface area (Å²) in [5, 5.41) is 8.87. The van der Waals surface area contributed by atoms with Gasteiger partial charge in [0.1, 0.15) is 18.2 Å². The Morgan fingerprint density at radius 3 is 2.76 bits per heavy atom. The van der Waals surface area contributed by atoms with Crippen molar-refractivity contribution in [2.24, 2.45) is 0 Å².